The predicted molar refractivity (Wildman–Crippen MR) is 154 cm³/mol. The number of rotatable bonds is 8. The number of carbonyl (C=O) groups is 2. The zero-order valence-electron chi connectivity index (χ0n) is 23.8. The maximum Gasteiger partial charge on any atom is 0.308 e. The fourth-order valence-corrected chi connectivity index (χ4v) is 5.99. The lowest BCUT2D eigenvalue weighted by molar-refractivity contribution is -0.151. The number of aromatic nitrogens is 3. The van der Waals surface area contributed by atoms with Gasteiger partial charge in [-0.25, -0.2) is 9.97 Å². The van der Waals surface area contributed by atoms with Crippen LogP contribution in [-0.4, -0.2) is 50.2 Å². The molecule has 1 aliphatic heterocycles. The summed E-state index contributed by atoms with van der Waals surface area (Å²) in [6.07, 6.45) is 5.15. The van der Waals surface area contributed by atoms with Gasteiger partial charge in [0.1, 0.15) is 10.6 Å². The third kappa shape index (κ3) is 6.13. The standard InChI is InChI=1S/C29H35N5O6S/c1-6-38-24(35)17-7-10-29(37,11-8-17)26-31-15-21(41-26)19-13-18(14-20-23(19)40-28(4,5)25(36)33-20)32-27-30-12-9-22(34-27)39-16(2)3/h9,12-17,37H,6-8,10-11H2,1-5H3,(H,33,36)(H,30,32,34). The van der Waals surface area contributed by atoms with E-state index < -0.39 is 11.2 Å². The Morgan fingerprint density at radius 3 is 2.73 bits per heavy atom. The van der Waals surface area contributed by atoms with Crippen LogP contribution in [0.25, 0.3) is 10.4 Å². The van der Waals surface area contributed by atoms with E-state index >= 15 is 0 Å². The fourth-order valence-electron chi connectivity index (χ4n) is 4.92. The Morgan fingerprint density at radius 2 is 2.02 bits per heavy atom. The van der Waals surface area contributed by atoms with Gasteiger partial charge in [-0.2, -0.15) is 4.98 Å². The number of hydrogen-bond donors (Lipinski definition) is 3. The van der Waals surface area contributed by atoms with Crippen LogP contribution in [0.3, 0.4) is 0 Å². The van der Waals surface area contributed by atoms with Crippen LogP contribution in [0.1, 0.15) is 65.3 Å². The smallest absolute Gasteiger partial charge is 0.308 e. The number of fused-ring (bicyclic) bond motifs is 1. The molecule has 3 N–H and O–H groups in total. The van der Waals surface area contributed by atoms with Gasteiger partial charge in [0.25, 0.3) is 5.91 Å². The minimum Gasteiger partial charge on any atom is -0.475 e. The number of thiazole rings is 1. The first kappa shape index (κ1) is 28.7. The van der Waals surface area contributed by atoms with E-state index in [0.717, 1.165) is 4.88 Å². The molecule has 1 amide bonds. The van der Waals surface area contributed by atoms with E-state index in [2.05, 4.69) is 25.6 Å². The van der Waals surface area contributed by atoms with Crippen LogP contribution in [0.5, 0.6) is 11.6 Å². The number of carbonyl (C=O) groups excluding carboxylic acids is 2. The van der Waals surface area contributed by atoms with Crippen molar-refractivity contribution in [3.63, 3.8) is 0 Å². The average Bonchev–Trinajstić information content (AvgIpc) is 3.41. The van der Waals surface area contributed by atoms with Crippen LogP contribution in [0.15, 0.2) is 30.6 Å². The Labute approximate surface area is 242 Å². The topological polar surface area (TPSA) is 145 Å². The van der Waals surface area contributed by atoms with Gasteiger partial charge in [-0.05, 0) is 72.4 Å². The van der Waals surface area contributed by atoms with Crippen molar-refractivity contribution in [2.75, 3.05) is 17.2 Å². The summed E-state index contributed by atoms with van der Waals surface area (Å²) in [7, 11) is 0. The van der Waals surface area contributed by atoms with Gasteiger partial charge in [-0.3, -0.25) is 9.59 Å². The fraction of sp³-hybridized carbons (Fsp3) is 0.483. The van der Waals surface area contributed by atoms with E-state index in [1.54, 1.807) is 45.3 Å². The summed E-state index contributed by atoms with van der Waals surface area (Å²) in [5, 5.41) is 18.2. The van der Waals surface area contributed by atoms with E-state index in [1.165, 1.54) is 11.3 Å². The minimum absolute atomic E-state index is 0.0423. The molecule has 11 nitrogen and oxygen atoms in total. The van der Waals surface area contributed by atoms with Crippen molar-refractivity contribution >= 4 is 40.5 Å². The van der Waals surface area contributed by atoms with Gasteiger partial charge in [0.15, 0.2) is 11.4 Å². The molecule has 12 heteroatoms. The molecule has 2 aliphatic rings. The highest BCUT2D eigenvalue weighted by atomic mass is 32.1. The van der Waals surface area contributed by atoms with E-state index in [1.807, 2.05) is 19.9 Å². The first-order valence-corrected chi connectivity index (χ1v) is 14.6. The molecule has 0 saturated heterocycles. The number of amides is 1. The zero-order chi connectivity index (χ0) is 29.4. The van der Waals surface area contributed by atoms with E-state index in [9.17, 15) is 14.7 Å². The minimum atomic E-state index is -1.14. The Kier molecular flexibility index (Phi) is 7.89. The highest BCUT2D eigenvalue weighted by Gasteiger charge is 2.41. The summed E-state index contributed by atoms with van der Waals surface area (Å²) in [5.74, 6) is 0.579. The van der Waals surface area contributed by atoms with Crippen molar-refractivity contribution < 1.29 is 28.9 Å². The molecule has 218 valence electrons. The SMILES string of the molecule is CCOC(=O)C1CCC(O)(c2ncc(-c3cc(Nc4nccc(OC(C)C)n4)cc4c3OC(C)(C)C(=O)N4)s2)CC1. The van der Waals surface area contributed by atoms with E-state index in [0.29, 0.717) is 71.8 Å². The lowest BCUT2D eigenvalue weighted by Crippen LogP contribution is -2.45. The van der Waals surface area contributed by atoms with Crippen molar-refractivity contribution in [2.24, 2.45) is 5.92 Å². The Bertz CT molecular complexity index is 1450. The molecule has 0 bridgehead atoms. The maximum atomic E-state index is 12.7. The summed E-state index contributed by atoms with van der Waals surface area (Å²) in [6.45, 7) is 9.38. The number of ether oxygens (including phenoxy) is 3. The molecule has 41 heavy (non-hydrogen) atoms. The third-order valence-electron chi connectivity index (χ3n) is 7.09. The molecule has 0 radical (unpaired) electrons. The van der Waals surface area contributed by atoms with Gasteiger partial charge in [-0.1, -0.05) is 0 Å². The highest BCUT2D eigenvalue weighted by molar-refractivity contribution is 7.15. The molecule has 1 aromatic carbocycles. The van der Waals surface area contributed by atoms with E-state index in [-0.39, 0.29) is 23.9 Å². The lowest BCUT2D eigenvalue weighted by atomic mass is 9.79. The van der Waals surface area contributed by atoms with Gasteiger partial charge in [0, 0.05) is 29.7 Å². The van der Waals surface area contributed by atoms with Crippen LogP contribution >= 0.6 is 11.3 Å². The third-order valence-corrected chi connectivity index (χ3v) is 8.31. The summed E-state index contributed by atoms with van der Waals surface area (Å²) < 4.78 is 17.1. The molecule has 1 fully saturated rings. The molecule has 1 aliphatic carbocycles. The van der Waals surface area contributed by atoms with Crippen LogP contribution < -0.4 is 20.1 Å². The van der Waals surface area contributed by atoms with Gasteiger partial charge in [-0.15, -0.1) is 11.3 Å². The molecule has 0 spiro atoms. The molecule has 3 heterocycles. The summed E-state index contributed by atoms with van der Waals surface area (Å²) in [5.41, 5.74) is -0.416. The predicted octanol–water partition coefficient (Wildman–Crippen LogP) is 5.18. The number of aliphatic hydroxyl groups is 1. The second-order valence-corrected chi connectivity index (χ2v) is 12.1. The van der Waals surface area contributed by atoms with Crippen LogP contribution in [-0.2, 0) is 19.9 Å². The van der Waals surface area contributed by atoms with Crippen molar-refractivity contribution in [3.8, 4) is 22.1 Å². The summed E-state index contributed by atoms with van der Waals surface area (Å²) in [6, 6.07) is 5.32. The summed E-state index contributed by atoms with van der Waals surface area (Å²) in [4.78, 5) is 39.0. The first-order valence-electron chi connectivity index (χ1n) is 13.8. The van der Waals surface area contributed by atoms with Gasteiger partial charge >= 0.3 is 5.97 Å². The van der Waals surface area contributed by atoms with E-state index in [4.69, 9.17) is 14.2 Å². The molecule has 0 atom stereocenters. The normalized spacial score (nSPS) is 21.4. The van der Waals surface area contributed by atoms with Crippen molar-refractivity contribution in [1.82, 2.24) is 15.0 Å². The maximum absolute atomic E-state index is 12.7. The first-order chi connectivity index (χ1) is 19.5. The number of nitrogens with one attached hydrogen (secondary N) is 2. The van der Waals surface area contributed by atoms with Crippen molar-refractivity contribution in [1.29, 1.82) is 0 Å². The Morgan fingerprint density at radius 1 is 1.27 bits per heavy atom. The number of anilines is 3. The number of esters is 1. The summed E-state index contributed by atoms with van der Waals surface area (Å²) >= 11 is 1.36. The lowest BCUT2D eigenvalue weighted by Gasteiger charge is -2.33. The van der Waals surface area contributed by atoms with Gasteiger partial charge in [0.05, 0.1) is 29.2 Å². The molecule has 1 saturated carbocycles. The molecular formula is C29H35N5O6S. The average molecular weight is 582 g/mol. The Hall–Kier alpha value is -3.77. The van der Waals surface area contributed by atoms with Crippen molar-refractivity contribution in [2.45, 2.75) is 77.6 Å². The second kappa shape index (κ2) is 11.2. The number of benzene rings is 1. The monoisotopic (exact) mass is 581 g/mol. The second-order valence-electron chi connectivity index (χ2n) is 11.1. The number of nitrogens with zero attached hydrogens (tertiary/aromatic N) is 3. The molecule has 3 aromatic rings. The molecule has 2 aromatic heterocycles. The quantitative estimate of drug-likeness (QED) is 0.304. The highest BCUT2D eigenvalue weighted by Crippen LogP contribution is 2.48. The molecular weight excluding hydrogens is 546 g/mol. The van der Waals surface area contributed by atoms with Crippen molar-refractivity contribution in [3.05, 3.63) is 35.6 Å². The largest absolute Gasteiger partial charge is 0.475 e. The van der Waals surface area contributed by atoms with Gasteiger partial charge < -0.3 is 30.0 Å². The molecule has 5 rings (SSSR count). The van der Waals surface area contributed by atoms with Crippen LogP contribution in [0.4, 0.5) is 17.3 Å². The zero-order valence-corrected chi connectivity index (χ0v) is 24.6. The Balaban J connectivity index is 1.46. The van der Waals surface area contributed by atoms with Crippen LogP contribution in [0, 0.1) is 5.92 Å². The van der Waals surface area contributed by atoms with Gasteiger partial charge in [0.2, 0.25) is 11.8 Å². The molecule has 0 unspecified atom stereocenters. The van der Waals surface area contributed by atoms with Crippen LogP contribution in [0.2, 0.25) is 0 Å². The number of hydrogen-bond acceptors (Lipinski definition) is 11.